The third kappa shape index (κ3) is 5.89. The summed E-state index contributed by atoms with van der Waals surface area (Å²) in [6.07, 6.45) is 0.930. The lowest BCUT2D eigenvalue weighted by Gasteiger charge is -2.13. The Labute approximate surface area is 186 Å². The normalized spacial score (nSPS) is 11.2. The summed E-state index contributed by atoms with van der Waals surface area (Å²) in [5.41, 5.74) is 3.22. The van der Waals surface area contributed by atoms with Crippen molar-refractivity contribution in [1.29, 1.82) is 0 Å². The van der Waals surface area contributed by atoms with Crippen LogP contribution < -0.4 is 10.6 Å². The number of nitro benzene ring substituents is 1. The average molecular weight is 508 g/mol. The number of halogens is 1. The molecule has 2 N–H and O–H groups in total. The number of imidazole rings is 1. The molecule has 0 unspecified atom stereocenters. The van der Waals surface area contributed by atoms with Crippen LogP contribution in [0.1, 0.15) is 17.8 Å². The molecule has 0 aliphatic carbocycles. The standard InChI is InChI=1S/C20H24N6O2.HI/c1-15-24-18-6-3-4-7-19(18)25(15)13-5-12-22-20(21-2)23-14-16-8-10-17(11-9-16)26(27)28;/h3-4,6-11H,5,12-14H2,1-2H3,(H2,21,22,23);1H. The van der Waals surface area contributed by atoms with E-state index >= 15 is 0 Å². The first kappa shape index (κ1) is 22.6. The third-order valence-electron chi connectivity index (χ3n) is 4.53. The molecule has 3 rings (SSSR count). The molecule has 1 heterocycles. The molecule has 8 nitrogen and oxygen atoms in total. The van der Waals surface area contributed by atoms with Gasteiger partial charge in [0.25, 0.3) is 5.69 Å². The van der Waals surface area contributed by atoms with E-state index < -0.39 is 4.92 Å². The number of aryl methyl sites for hydroxylation is 2. The predicted octanol–water partition coefficient (Wildman–Crippen LogP) is 3.63. The van der Waals surface area contributed by atoms with Gasteiger partial charge in [-0.1, -0.05) is 24.3 Å². The van der Waals surface area contributed by atoms with Gasteiger partial charge in [-0.25, -0.2) is 4.98 Å². The zero-order valence-electron chi connectivity index (χ0n) is 16.5. The minimum Gasteiger partial charge on any atom is -0.356 e. The molecule has 0 bridgehead atoms. The van der Waals surface area contributed by atoms with E-state index in [0.717, 1.165) is 41.9 Å². The van der Waals surface area contributed by atoms with Gasteiger partial charge in [-0.3, -0.25) is 15.1 Å². The van der Waals surface area contributed by atoms with Crippen molar-refractivity contribution in [3.8, 4) is 0 Å². The van der Waals surface area contributed by atoms with Gasteiger partial charge in [0, 0.05) is 38.8 Å². The molecule has 0 spiro atoms. The van der Waals surface area contributed by atoms with Crippen molar-refractivity contribution >= 4 is 46.7 Å². The van der Waals surface area contributed by atoms with E-state index in [4.69, 9.17) is 0 Å². The average Bonchev–Trinajstić information content (AvgIpc) is 3.03. The van der Waals surface area contributed by atoms with Gasteiger partial charge in [0.05, 0.1) is 16.0 Å². The minimum atomic E-state index is -0.400. The fraction of sp³-hybridized carbons (Fsp3) is 0.300. The number of nitrogens with one attached hydrogen (secondary N) is 2. The van der Waals surface area contributed by atoms with E-state index in [1.165, 1.54) is 12.1 Å². The van der Waals surface area contributed by atoms with Crippen LogP contribution in [0.4, 0.5) is 5.69 Å². The number of benzene rings is 2. The highest BCUT2D eigenvalue weighted by Crippen LogP contribution is 2.15. The zero-order valence-corrected chi connectivity index (χ0v) is 18.8. The Balaban J connectivity index is 0.00000300. The minimum absolute atomic E-state index is 0. The van der Waals surface area contributed by atoms with Crippen molar-refractivity contribution < 1.29 is 4.92 Å². The lowest BCUT2D eigenvalue weighted by atomic mass is 10.2. The van der Waals surface area contributed by atoms with E-state index in [1.807, 2.05) is 25.1 Å². The number of nitrogens with zero attached hydrogens (tertiary/aromatic N) is 4. The van der Waals surface area contributed by atoms with Crippen LogP contribution in [0.25, 0.3) is 11.0 Å². The summed E-state index contributed by atoms with van der Waals surface area (Å²) in [4.78, 5) is 19.1. The molecule has 3 aromatic rings. The van der Waals surface area contributed by atoms with Gasteiger partial charge in [0.1, 0.15) is 5.82 Å². The number of para-hydroxylation sites is 2. The molecule has 154 valence electrons. The van der Waals surface area contributed by atoms with Crippen molar-refractivity contribution in [2.75, 3.05) is 13.6 Å². The zero-order chi connectivity index (χ0) is 19.9. The SMILES string of the molecule is CN=C(NCCCn1c(C)nc2ccccc21)NCc1ccc([N+](=O)[O-])cc1.I. The number of hydrogen-bond donors (Lipinski definition) is 2. The van der Waals surface area contributed by atoms with E-state index in [2.05, 4.69) is 31.2 Å². The van der Waals surface area contributed by atoms with Crippen molar-refractivity contribution in [2.45, 2.75) is 26.4 Å². The first-order valence-electron chi connectivity index (χ1n) is 9.18. The highest BCUT2D eigenvalue weighted by molar-refractivity contribution is 14.0. The predicted molar refractivity (Wildman–Crippen MR) is 126 cm³/mol. The summed E-state index contributed by atoms with van der Waals surface area (Å²) < 4.78 is 2.23. The Bertz CT molecular complexity index is 984. The number of non-ortho nitro benzene ring substituents is 1. The second-order valence-corrected chi connectivity index (χ2v) is 6.43. The smallest absolute Gasteiger partial charge is 0.269 e. The van der Waals surface area contributed by atoms with Gasteiger partial charge in [0.15, 0.2) is 5.96 Å². The lowest BCUT2D eigenvalue weighted by molar-refractivity contribution is -0.384. The Hall–Kier alpha value is -2.69. The number of rotatable bonds is 7. The van der Waals surface area contributed by atoms with E-state index in [1.54, 1.807) is 19.2 Å². The Morgan fingerprint density at radius 2 is 1.90 bits per heavy atom. The summed E-state index contributed by atoms with van der Waals surface area (Å²) in [5.74, 6) is 1.72. The maximum absolute atomic E-state index is 10.7. The lowest BCUT2D eigenvalue weighted by Crippen LogP contribution is -2.37. The third-order valence-corrected chi connectivity index (χ3v) is 4.53. The molecular formula is C20H25IN6O2. The first-order chi connectivity index (χ1) is 13.6. The van der Waals surface area contributed by atoms with E-state index in [9.17, 15) is 10.1 Å². The molecule has 0 atom stereocenters. The van der Waals surface area contributed by atoms with Crippen LogP contribution in [0, 0.1) is 17.0 Å². The number of aliphatic imine (C=N–C) groups is 1. The Morgan fingerprint density at radius 1 is 1.17 bits per heavy atom. The Kier molecular flexibility index (Phi) is 8.37. The summed E-state index contributed by atoms with van der Waals surface area (Å²) in [5, 5.41) is 17.2. The van der Waals surface area contributed by atoms with E-state index in [-0.39, 0.29) is 29.7 Å². The molecule has 1 aromatic heterocycles. The topological polar surface area (TPSA) is 97.4 Å². The van der Waals surface area contributed by atoms with Gasteiger partial charge in [-0.05, 0) is 31.0 Å². The molecule has 0 aliphatic heterocycles. The van der Waals surface area contributed by atoms with Crippen LogP contribution in [-0.4, -0.2) is 34.0 Å². The van der Waals surface area contributed by atoms with Gasteiger partial charge in [0.2, 0.25) is 0 Å². The molecule has 0 fully saturated rings. The number of nitro groups is 1. The van der Waals surface area contributed by atoms with Crippen molar-refractivity contribution in [1.82, 2.24) is 20.2 Å². The summed E-state index contributed by atoms with van der Waals surface area (Å²) in [6, 6.07) is 14.6. The van der Waals surface area contributed by atoms with Crippen LogP contribution >= 0.6 is 24.0 Å². The van der Waals surface area contributed by atoms with Crippen molar-refractivity contribution in [3.63, 3.8) is 0 Å². The monoisotopic (exact) mass is 508 g/mol. The molecule has 0 aliphatic rings. The number of aromatic nitrogens is 2. The first-order valence-corrected chi connectivity index (χ1v) is 9.18. The van der Waals surface area contributed by atoms with Crippen molar-refractivity contribution in [3.05, 3.63) is 70.0 Å². The maximum atomic E-state index is 10.7. The van der Waals surface area contributed by atoms with Crippen LogP contribution in [0.2, 0.25) is 0 Å². The number of guanidine groups is 1. The molecule has 0 saturated carbocycles. The van der Waals surface area contributed by atoms with Gasteiger partial charge < -0.3 is 15.2 Å². The summed E-state index contributed by atoms with van der Waals surface area (Å²) >= 11 is 0. The van der Waals surface area contributed by atoms with Crippen molar-refractivity contribution in [2.24, 2.45) is 4.99 Å². The largest absolute Gasteiger partial charge is 0.356 e. The molecule has 9 heteroatoms. The molecule has 0 amide bonds. The van der Waals surface area contributed by atoms with Crippen LogP contribution in [0.5, 0.6) is 0 Å². The molecule has 2 aromatic carbocycles. The Morgan fingerprint density at radius 3 is 2.59 bits per heavy atom. The molecule has 0 saturated heterocycles. The maximum Gasteiger partial charge on any atom is 0.269 e. The number of hydrogen-bond acceptors (Lipinski definition) is 4. The number of fused-ring (bicyclic) bond motifs is 1. The van der Waals surface area contributed by atoms with Crippen LogP contribution in [0.3, 0.4) is 0 Å². The fourth-order valence-corrected chi connectivity index (χ4v) is 3.06. The summed E-state index contributed by atoms with van der Waals surface area (Å²) in [6.45, 7) is 4.21. The van der Waals surface area contributed by atoms with Crippen LogP contribution in [0.15, 0.2) is 53.5 Å². The van der Waals surface area contributed by atoms with Gasteiger partial charge in [-0.15, -0.1) is 24.0 Å². The second-order valence-electron chi connectivity index (χ2n) is 6.43. The molecular weight excluding hydrogens is 483 g/mol. The van der Waals surface area contributed by atoms with E-state index in [0.29, 0.717) is 12.5 Å². The van der Waals surface area contributed by atoms with Gasteiger partial charge >= 0.3 is 0 Å². The second kappa shape index (κ2) is 10.7. The molecule has 0 radical (unpaired) electrons. The highest BCUT2D eigenvalue weighted by atomic mass is 127. The summed E-state index contributed by atoms with van der Waals surface area (Å²) in [7, 11) is 1.72. The fourth-order valence-electron chi connectivity index (χ4n) is 3.06. The molecule has 29 heavy (non-hydrogen) atoms. The van der Waals surface area contributed by atoms with Crippen LogP contribution in [-0.2, 0) is 13.1 Å². The van der Waals surface area contributed by atoms with Gasteiger partial charge in [-0.2, -0.15) is 0 Å². The highest BCUT2D eigenvalue weighted by Gasteiger charge is 2.07. The quantitative estimate of drug-likeness (QED) is 0.127.